The van der Waals surface area contributed by atoms with E-state index in [-0.39, 0.29) is 0 Å². The second-order valence-corrected chi connectivity index (χ2v) is 6.04. The van der Waals surface area contributed by atoms with E-state index in [1.54, 1.807) is 0 Å². The summed E-state index contributed by atoms with van der Waals surface area (Å²) in [6.45, 7) is 2.02. The molecular weight excluding hydrogens is 290 g/mol. The predicted octanol–water partition coefficient (Wildman–Crippen LogP) is 3.40. The second kappa shape index (κ2) is 7.27. The molecule has 1 aromatic rings. The first-order valence-electron chi connectivity index (χ1n) is 6.78. The first-order valence-corrected chi connectivity index (χ1v) is 7.58. The SMILES string of the molecule is CNCC(Cc1ccc(Br)cc1)CC1CCCO1. The maximum Gasteiger partial charge on any atom is 0.0579 e. The Labute approximate surface area is 118 Å². The zero-order valence-electron chi connectivity index (χ0n) is 11.0. The number of hydrogen-bond acceptors (Lipinski definition) is 2. The smallest absolute Gasteiger partial charge is 0.0579 e. The monoisotopic (exact) mass is 311 g/mol. The molecule has 0 radical (unpaired) electrons. The fourth-order valence-electron chi connectivity index (χ4n) is 2.68. The van der Waals surface area contributed by atoms with Crippen LogP contribution in [0.1, 0.15) is 24.8 Å². The molecule has 0 bridgehead atoms. The molecule has 3 heteroatoms. The first-order chi connectivity index (χ1) is 8.78. The Kier molecular flexibility index (Phi) is 5.67. The highest BCUT2D eigenvalue weighted by Crippen LogP contribution is 2.23. The third-order valence-corrected chi connectivity index (χ3v) is 4.08. The summed E-state index contributed by atoms with van der Waals surface area (Å²) in [5.41, 5.74) is 1.41. The van der Waals surface area contributed by atoms with Crippen molar-refractivity contribution in [1.82, 2.24) is 5.32 Å². The van der Waals surface area contributed by atoms with Gasteiger partial charge in [-0.05, 0) is 62.9 Å². The lowest BCUT2D eigenvalue weighted by atomic mass is 9.93. The summed E-state index contributed by atoms with van der Waals surface area (Å²) in [4.78, 5) is 0. The maximum absolute atomic E-state index is 5.75. The molecule has 18 heavy (non-hydrogen) atoms. The molecule has 1 N–H and O–H groups in total. The molecule has 2 atom stereocenters. The average Bonchev–Trinajstić information content (AvgIpc) is 2.85. The van der Waals surface area contributed by atoms with Crippen molar-refractivity contribution >= 4 is 15.9 Å². The third kappa shape index (κ3) is 4.38. The van der Waals surface area contributed by atoms with Gasteiger partial charge >= 0.3 is 0 Å². The maximum atomic E-state index is 5.75. The van der Waals surface area contributed by atoms with Gasteiger partial charge in [0.1, 0.15) is 0 Å². The van der Waals surface area contributed by atoms with Crippen LogP contribution in [0.15, 0.2) is 28.7 Å². The molecule has 1 heterocycles. The lowest BCUT2D eigenvalue weighted by Gasteiger charge is -2.20. The molecule has 0 aromatic heterocycles. The van der Waals surface area contributed by atoms with Crippen molar-refractivity contribution < 1.29 is 4.74 Å². The minimum atomic E-state index is 0.485. The van der Waals surface area contributed by atoms with Gasteiger partial charge in [0.05, 0.1) is 6.10 Å². The number of ether oxygens (including phenoxy) is 1. The van der Waals surface area contributed by atoms with Crippen molar-refractivity contribution in [1.29, 1.82) is 0 Å². The van der Waals surface area contributed by atoms with Crippen molar-refractivity contribution in [3.8, 4) is 0 Å². The summed E-state index contributed by atoms with van der Waals surface area (Å²) < 4.78 is 6.90. The molecule has 0 saturated carbocycles. The van der Waals surface area contributed by atoms with Crippen molar-refractivity contribution in [2.24, 2.45) is 5.92 Å². The topological polar surface area (TPSA) is 21.3 Å². The average molecular weight is 312 g/mol. The van der Waals surface area contributed by atoms with Crippen LogP contribution in [0.4, 0.5) is 0 Å². The van der Waals surface area contributed by atoms with Gasteiger partial charge in [-0.2, -0.15) is 0 Å². The van der Waals surface area contributed by atoms with E-state index in [1.165, 1.54) is 24.8 Å². The van der Waals surface area contributed by atoms with Gasteiger partial charge in [0, 0.05) is 11.1 Å². The molecular formula is C15H22BrNO. The van der Waals surface area contributed by atoms with Crippen LogP contribution < -0.4 is 5.32 Å². The predicted molar refractivity (Wildman–Crippen MR) is 78.9 cm³/mol. The zero-order valence-corrected chi connectivity index (χ0v) is 12.6. The Hall–Kier alpha value is -0.380. The highest BCUT2D eigenvalue weighted by atomic mass is 79.9. The molecule has 2 rings (SSSR count). The Morgan fingerprint density at radius 3 is 2.78 bits per heavy atom. The summed E-state index contributed by atoms with van der Waals surface area (Å²) in [6.07, 6.45) is 5.26. The van der Waals surface area contributed by atoms with Crippen LogP contribution in [-0.2, 0) is 11.2 Å². The number of rotatable bonds is 6. The van der Waals surface area contributed by atoms with Crippen LogP contribution in [0, 0.1) is 5.92 Å². The van der Waals surface area contributed by atoms with Crippen molar-refractivity contribution in [2.45, 2.75) is 31.8 Å². The summed E-state index contributed by atoms with van der Waals surface area (Å²) in [6, 6.07) is 8.67. The van der Waals surface area contributed by atoms with Gasteiger partial charge in [-0.15, -0.1) is 0 Å². The molecule has 1 aliphatic heterocycles. The van der Waals surface area contributed by atoms with Gasteiger partial charge in [0.25, 0.3) is 0 Å². The van der Waals surface area contributed by atoms with Gasteiger partial charge in [0.2, 0.25) is 0 Å². The van der Waals surface area contributed by atoms with Gasteiger partial charge in [-0.1, -0.05) is 28.1 Å². The molecule has 1 fully saturated rings. The summed E-state index contributed by atoms with van der Waals surface area (Å²) in [7, 11) is 2.03. The molecule has 1 saturated heterocycles. The van der Waals surface area contributed by atoms with E-state index in [0.29, 0.717) is 12.0 Å². The highest BCUT2D eigenvalue weighted by molar-refractivity contribution is 9.10. The number of hydrogen-bond donors (Lipinski definition) is 1. The van der Waals surface area contributed by atoms with E-state index in [1.807, 2.05) is 7.05 Å². The van der Waals surface area contributed by atoms with Crippen LogP contribution in [0.2, 0.25) is 0 Å². The van der Waals surface area contributed by atoms with Crippen LogP contribution in [0.25, 0.3) is 0 Å². The van der Waals surface area contributed by atoms with Crippen LogP contribution in [0.5, 0.6) is 0 Å². The Morgan fingerprint density at radius 1 is 1.39 bits per heavy atom. The van der Waals surface area contributed by atoms with Gasteiger partial charge in [-0.25, -0.2) is 0 Å². The number of benzene rings is 1. The van der Waals surface area contributed by atoms with Crippen molar-refractivity contribution in [2.75, 3.05) is 20.2 Å². The van der Waals surface area contributed by atoms with Crippen LogP contribution in [-0.4, -0.2) is 26.3 Å². The first kappa shape index (κ1) is 14.0. The molecule has 2 nitrogen and oxygen atoms in total. The molecule has 1 aromatic carbocycles. The zero-order chi connectivity index (χ0) is 12.8. The molecule has 100 valence electrons. The molecule has 1 aliphatic rings. The third-order valence-electron chi connectivity index (χ3n) is 3.55. The van der Waals surface area contributed by atoms with E-state index < -0.39 is 0 Å². The summed E-state index contributed by atoms with van der Waals surface area (Å²) in [5, 5.41) is 3.31. The van der Waals surface area contributed by atoms with Gasteiger partial charge in [-0.3, -0.25) is 0 Å². The summed E-state index contributed by atoms with van der Waals surface area (Å²) in [5.74, 6) is 0.666. The number of halogens is 1. The van der Waals surface area contributed by atoms with E-state index in [9.17, 15) is 0 Å². The van der Waals surface area contributed by atoms with E-state index in [2.05, 4.69) is 45.5 Å². The largest absolute Gasteiger partial charge is 0.378 e. The quantitative estimate of drug-likeness (QED) is 0.869. The normalized spacial score (nSPS) is 21.1. The molecule has 0 aliphatic carbocycles. The van der Waals surface area contributed by atoms with Gasteiger partial charge < -0.3 is 10.1 Å². The Balaban J connectivity index is 1.90. The lowest BCUT2D eigenvalue weighted by molar-refractivity contribution is 0.0895. The van der Waals surface area contributed by atoms with Crippen molar-refractivity contribution in [3.63, 3.8) is 0 Å². The van der Waals surface area contributed by atoms with Crippen molar-refractivity contribution in [3.05, 3.63) is 34.3 Å². The van der Waals surface area contributed by atoms with E-state index in [4.69, 9.17) is 4.74 Å². The standard InChI is InChI=1S/C15H22BrNO/c1-17-11-13(10-15-3-2-8-18-15)9-12-4-6-14(16)7-5-12/h4-7,13,15,17H,2-3,8-11H2,1H3. The second-order valence-electron chi connectivity index (χ2n) is 5.13. The van der Waals surface area contributed by atoms with Gasteiger partial charge in [0.15, 0.2) is 0 Å². The Morgan fingerprint density at radius 2 is 2.17 bits per heavy atom. The van der Waals surface area contributed by atoms with Crippen LogP contribution >= 0.6 is 15.9 Å². The fourth-order valence-corrected chi connectivity index (χ4v) is 2.95. The highest BCUT2D eigenvalue weighted by Gasteiger charge is 2.20. The molecule has 0 spiro atoms. The lowest BCUT2D eigenvalue weighted by Crippen LogP contribution is -2.25. The number of nitrogens with one attached hydrogen (secondary N) is 1. The fraction of sp³-hybridized carbons (Fsp3) is 0.600. The van der Waals surface area contributed by atoms with E-state index >= 15 is 0 Å². The summed E-state index contributed by atoms with van der Waals surface area (Å²) >= 11 is 3.48. The minimum absolute atomic E-state index is 0.485. The molecule has 0 amide bonds. The Bertz CT molecular complexity index is 346. The minimum Gasteiger partial charge on any atom is -0.378 e. The van der Waals surface area contributed by atoms with Crippen LogP contribution in [0.3, 0.4) is 0 Å². The van der Waals surface area contributed by atoms with E-state index in [0.717, 1.165) is 24.0 Å². The molecule has 2 unspecified atom stereocenters.